The van der Waals surface area contributed by atoms with Crippen molar-refractivity contribution >= 4 is 38.9 Å². The Kier molecular flexibility index (Phi) is 8.49. The second-order valence-corrected chi connectivity index (χ2v) is 12.3. The van der Waals surface area contributed by atoms with E-state index in [0.717, 1.165) is 41.3 Å². The lowest BCUT2D eigenvalue weighted by Crippen LogP contribution is -2.40. The van der Waals surface area contributed by atoms with Crippen LogP contribution in [0.4, 0.5) is 5.69 Å². The van der Waals surface area contributed by atoms with E-state index in [1.54, 1.807) is 24.3 Å². The SMILES string of the molecule is COc1ccc(N(CC(=O)NN=C2CCC(C(C)(C)C)CC2)S(=O)(=O)c2ccc(C)cc2)cc1Cl. The number of anilines is 1. The van der Waals surface area contributed by atoms with Gasteiger partial charge in [-0.3, -0.25) is 9.10 Å². The summed E-state index contributed by atoms with van der Waals surface area (Å²) in [6.45, 7) is 8.17. The van der Waals surface area contributed by atoms with Crippen LogP contribution in [-0.4, -0.2) is 33.7 Å². The fourth-order valence-electron chi connectivity index (χ4n) is 4.20. The summed E-state index contributed by atoms with van der Waals surface area (Å²) in [6.07, 6.45) is 3.69. The standard InChI is InChI=1S/C26H34ClN3O4S/c1-18-6-13-22(14-7-18)35(32,33)30(21-12-15-24(34-5)23(27)16-21)17-25(31)29-28-20-10-8-19(9-11-20)26(2,3)4/h6-7,12-16,19H,8-11,17H2,1-5H3,(H,29,31). The van der Waals surface area contributed by atoms with Gasteiger partial charge in [0, 0.05) is 5.71 Å². The highest BCUT2D eigenvalue weighted by Crippen LogP contribution is 2.37. The van der Waals surface area contributed by atoms with Gasteiger partial charge in [0.05, 0.1) is 22.7 Å². The van der Waals surface area contributed by atoms with E-state index in [-0.39, 0.29) is 21.0 Å². The van der Waals surface area contributed by atoms with Crippen LogP contribution in [0.2, 0.25) is 5.02 Å². The van der Waals surface area contributed by atoms with Gasteiger partial charge in [-0.15, -0.1) is 0 Å². The first-order chi connectivity index (χ1) is 16.4. The molecule has 0 unspecified atom stereocenters. The molecule has 2 aromatic carbocycles. The van der Waals surface area contributed by atoms with Crippen LogP contribution in [-0.2, 0) is 14.8 Å². The molecule has 0 atom stereocenters. The van der Waals surface area contributed by atoms with Crippen LogP contribution in [0.5, 0.6) is 5.75 Å². The molecule has 9 heteroatoms. The average molecular weight is 520 g/mol. The van der Waals surface area contributed by atoms with Crippen LogP contribution in [0.25, 0.3) is 0 Å². The quantitative estimate of drug-likeness (QED) is 0.485. The Labute approximate surface area is 213 Å². The average Bonchev–Trinajstić information content (AvgIpc) is 2.81. The van der Waals surface area contributed by atoms with Crippen molar-refractivity contribution in [1.29, 1.82) is 0 Å². The summed E-state index contributed by atoms with van der Waals surface area (Å²) < 4.78 is 33.3. The number of amides is 1. The number of hydrazone groups is 1. The molecule has 0 bridgehead atoms. The van der Waals surface area contributed by atoms with Crippen molar-refractivity contribution in [1.82, 2.24) is 5.43 Å². The number of ether oxygens (including phenoxy) is 1. The minimum Gasteiger partial charge on any atom is -0.495 e. The molecule has 1 N–H and O–H groups in total. The van der Waals surface area contributed by atoms with Gasteiger partial charge < -0.3 is 4.74 Å². The second kappa shape index (κ2) is 11.0. The minimum absolute atomic E-state index is 0.0784. The zero-order chi connectivity index (χ0) is 25.8. The third-order valence-electron chi connectivity index (χ3n) is 6.45. The summed E-state index contributed by atoms with van der Waals surface area (Å²) in [5.41, 5.74) is 4.92. The normalized spacial score (nSPS) is 16.5. The van der Waals surface area contributed by atoms with Crippen LogP contribution < -0.4 is 14.5 Å². The number of sulfonamides is 1. The van der Waals surface area contributed by atoms with Gasteiger partial charge >= 0.3 is 0 Å². The first-order valence-corrected chi connectivity index (χ1v) is 13.5. The van der Waals surface area contributed by atoms with Crippen LogP contribution in [0.3, 0.4) is 0 Å². The summed E-state index contributed by atoms with van der Waals surface area (Å²) in [6, 6.07) is 11.1. The molecular weight excluding hydrogens is 486 g/mol. The van der Waals surface area contributed by atoms with E-state index in [9.17, 15) is 13.2 Å². The molecule has 7 nitrogen and oxygen atoms in total. The number of hydrogen-bond donors (Lipinski definition) is 1. The largest absolute Gasteiger partial charge is 0.495 e. The maximum Gasteiger partial charge on any atom is 0.264 e. The van der Waals surface area contributed by atoms with Crippen LogP contribution in [0, 0.1) is 18.3 Å². The Bertz CT molecular complexity index is 1180. The molecular formula is C26H34ClN3O4S. The maximum atomic E-state index is 13.5. The fourth-order valence-corrected chi connectivity index (χ4v) is 5.86. The number of carbonyl (C=O) groups excluding carboxylic acids is 1. The lowest BCUT2D eigenvalue weighted by atomic mass is 9.72. The highest BCUT2D eigenvalue weighted by molar-refractivity contribution is 7.92. The van der Waals surface area contributed by atoms with Crippen molar-refractivity contribution < 1.29 is 17.9 Å². The smallest absolute Gasteiger partial charge is 0.264 e. The Morgan fingerprint density at radius 2 is 1.77 bits per heavy atom. The number of benzene rings is 2. The summed E-state index contributed by atoms with van der Waals surface area (Å²) in [5.74, 6) is 0.495. The van der Waals surface area contributed by atoms with Gasteiger partial charge in [0.15, 0.2) is 0 Å². The minimum atomic E-state index is -4.04. The van der Waals surface area contributed by atoms with E-state index in [2.05, 4.69) is 31.3 Å². The molecule has 0 saturated heterocycles. The van der Waals surface area contributed by atoms with Crippen molar-refractivity contribution in [3.63, 3.8) is 0 Å². The van der Waals surface area contributed by atoms with Crippen molar-refractivity contribution in [2.75, 3.05) is 18.0 Å². The van der Waals surface area contributed by atoms with E-state index < -0.39 is 22.5 Å². The summed E-state index contributed by atoms with van der Waals surface area (Å²) in [4.78, 5) is 12.9. The molecule has 2 aromatic rings. The Balaban J connectivity index is 1.81. The van der Waals surface area contributed by atoms with E-state index in [0.29, 0.717) is 11.7 Å². The third kappa shape index (κ3) is 6.76. The van der Waals surface area contributed by atoms with E-state index in [1.165, 1.54) is 25.3 Å². The van der Waals surface area contributed by atoms with Gasteiger partial charge in [0.1, 0.15) is 12.3 Å². The molecule has 1 aliphatic rings. The molecule has 3 rings (SSSR count). The molecule has 0 aromatic heterocycles. The molecule has 1 amide bonds. The van der Waals surface area contributed by atoms with Crippen LogP contribution >= 0.6 is 11.6 Å². The van der Waals surface area contributed by atoms with Crippen molar-refractivity contribution in [3.05, 3.63) is 53.1 Å². The zero-order valence-corrected chi connectivity index (χ0v) is 22.5. The maximum absolute atomic E-state index is 13.5. The summed E-state index contributed by atoms with van der Waals surface area (Å²) in [7, 11) is -2.57. The lowest BCUT2D eigenvalue weighted by Gasteiger charge is -2.34. The Hall–Kier alpha value is -2.58. The van der Waals surface area contributed by atoms with Gasteiger partial charge in [0.2, 0.25) is 0 Å². The van der Waals surface area contributed by atoms with Crippen LogP contribution in [0.15, 0.2) is 52.5 Å². The molecule has 35 heavy (non-hydrogen) atoms. The van der Waals surface area contributed by atoms with Crippen molar-refractivity contribution in [2.45, 2.75) is 58.3 Å². The first-order valence-electron chi connectivity index (χ1n) is 11.7. The van der Waals surface area contributed by atoms with Crippen LogP contribution in [0.1, 0.15) is 52.0 Å². The van der Waals surface area contributed by atoms with E-state index >= 15 is 0 Å². The first kappa shape index (κ1) is 27.0. The number of carbonyl (C=O) groups is 1. The third-order valence-corrected chi connectivity index (χ3v) is 8.53. The number of rotatable bonds is 7. The van der Waals surface area contributed by atoms with Gasteiger partial charge in [-0.05, 0) is 74.3 Å². The fraction of sp³-hybridized carbons (Fsp3) is 0.462. The second-order valence-electron chi connectivity index (χ2n) is 10.00. The van der Waals surface area contributed by atoms with Gasteiger partial charge in [-0.1, -0.05) is 50.1 Å². The number of halogens is 1. The van der Waals surface area contributed by atoms with Gasteiger partial charge in [0.25, 0.3) is 15.9 Å². The monoisotopic (exact) mass is 519 g/mol. The number of methoxy groups -OCH3 is 1. The van der Waals surface area contributed by atoms with Gasteiger partial charge in [-0.2, -0.15) is 5.10 Å². The Morgan fingerprint density at radius 1 is 1.14 bits per heavy atom. The number of nitrogens with one attached hydrogen (secondary N) is 1. The predicted molar refractivity (Wildman–Crippen MR) is 141 cm³/mol. The van der Waals surface area contributed by atoms with Gasteiger partial charge in [-0.25, -0.2) is 13.8 Å². The van der Waals surface area contributed by atoms with Crippen molar-refractivity contribution in [3.8, 4) is 5.75 Å². The number of hydrogen-bond acceptors (Lipinski definition) is 5. The molecule has 0 heterocycles. The molecule has 1 saturated carbocycles. The molecule has 0 radical (unpaired) electrons. The van der Waals surface area contributed by atoms with E-state index in [1.807, 2.05) is 6.92 Å². The molecule has 1 aliphatic carbocycles. The predicted octanol–water partition coefficient (Wildman–Crippen LogP) is 5.56. The molecule has 1 fully saturated rings. The topological polar surface area (TPSA) is 88.1 Å². The highest BCUT2D eigenvalue weighted by atomic mass is 35.5. The number of aryl methyl sites for hydroxylation is 1. The molecule has 190 valence electrons. The lowest BCUT2D eigenvalue weighted by molar-refractivity contribution is -0.119. The van der Waals surface area contributed by atoms with Crippen molar-refractivity contribution in [2.24, 2.45) is 16.4 Å². The Morgan fingerprint density at radius 3 is 2.31 bits per heavy atom. The molecule has 0 aliphatic heterocycles. The van der Waals surface area contributed by atoms with E-state index in [4.69, 9.17) is 16.3 Å². The highest BCUT2D eigenvalue weighted by Gasteiger charge is 2.29. The summed E-state index contributed by atoms with van der Waals surface area (Å²) >= 11 is 6.26. The number of nitrogens with zero attached hydrogens (tertiary/aromatic N) is 2. The molecule has 0 spiro atoms. The zero-order valence-electron chi connectivity index (χ0n) is 21.0. The summed E-state index contributed by atoms with van der Waals surface area (Å²) in [5, 5.41) is 4.55.